The third kappa shape index (κ3) is 3.85. The van der Waals surface area contributed by atoms with E-state index in [0.717, 1.165) is 5.56 Å². The van der Waals surface area contributed by atoms with Crippen LogP contribution in [-0.2, 0) is 5.41 Å². The molecule has 1 aliphatic heterocycles. The number of Topliss-reactive ketones (excluding diaryl/α,β-unsaturated/α-hetero) is 1. The van der Waals surface area contributed by atoms with E-state index in [-0.39, 0.29) is 28.5 Å². The number of carbonyl (C=O) groups excluding carboxylic acids is 2. The SMILES string of the molecule is CC(C)(C)c1ccc(C=C2Oc3cc(OC(=O)c4ccco4)ccc3C2=O)cc1. The van der Waals surface area contributed by atoms with Gasteiger partial charge in [0.1, 0.15) is 11.5 Å². The molecular weight excluding hydrogens is 368 g/mol. The maximum atomic E-state index is 12.6. The largest absolute Gasteiger partial charge is 0.457 e. The van der Waals surface area contributed by atoms with Crippen molar-refractivity contribution >= 4 is 17.8 Å². The van der Waals surface area contributed by atoms with Gasteiger partial charge in [0, 0.05) is 6.07 Å². The van der Waals surface area contributed by atoms with Crippen molar-refractivity contribution < 1.29 is 23.5 Å². The van der Waals surface area contributed by atoms with E-state index in [1.807, 2.05) is 24.3 Å². The van der Waals surface area contributed by atoms with Crippen LogP contribution in [0.1, 0.15) is 52.8 Å². The number of fused-ring (bicyclic) bond motifs is 1. The number of allylic oxidation sites excluding steroid dienone is 1. The van der Waals surface area contributed by atoms with Gasteiger partial charge < -0.3 is 13.9 Å². The average molecular weight is 388 g/mol. The molecule has 29 heavy (non-hydrogen) atoms. The second kappa shape index (κ2) is 7.09. The molecule has 0 radical (unpaired) electrons. The molecule has 3 aromatic rings. The Kier molecular flexibility index (Phi) is 4.59. The fourth-order valence-corrected chi connectivity index (χ4v) is 3.01. The Hall–Kier alpha value is -3.60. The summed E-state index contributed by atoms with van der Waals surface area (Å²) in [5, 5.41) is 0. The number of rotatable bonds is 3. The van der Waals surface area contributed by atoms with E-state index in [0.29, 0.717) is 11.3 Å². The average Bonchev–Trinajstić information content (AvgIpc) is 3.31. The Morgan fingerprint density at radius 2 is 1.79 bits per heavy atom. The zero-order valence-electron chi connectivity index (χ0n) is 16.4. The first-order valence-corrected chi connectivity index (χ1v) is 9.26. The summed E-state index contributed by atoms with van der Waals surface area (Å²) in [4.78, 5) is 24.6. The molecule has 4 rings (SSSR count). The van der Waals surface area contributed by atoms with E-state index in [4.69, 9.17) is 13.9 Å². The summed E-state index contributed by atoms with van der Waals surface area (Å²) in [7, 11) is 0. The third-order valence-corrected chi connectivity index (χ3v) is 4.65. The molecule has 0 bridgehead atoms. The quantitative estimate of drug-likeness (QED) is 0.341. The highest BCUT2D eigenvalue weighted by Crippen LogP contribution is 2.35. The molecule has 1 aromatic heterocycles. The van der Waals surface area contributed by atoms with Crippen LogP contribution in [-0.4, -0.2) is 11.8 Å². The molecule has 0 aliphatic carbocycles. The number of carbonyl (C=O) groups is 2. The molecule has 2 aromatic carbocycles. The van der Waals surface area contributed by atoms with Gasteiger partial charge in [0.15, 0.2) is 5.76 Å². The molecule has 5 heteroatoms. The minimum atomic E-state index is -0.617. The van der Waals surface area contributed by atoms with E-state index in [1.54, 1.807) is 24.3 Å². The van der Waals surface area contributed by atoms with Crippen molar-refractivity contribution in [2.24, 2.45) is 0 Å². The lowest BCUT2D eigenvalue weighted by Crippen LogP contribution is -2.10. The van der Waals surface area contributed by atoms with Gasteiger partial charge in [0.25, 0.3) is 0 Å². The van der Waals surface area contributed by atoms with Crippen molar-refractivity contribution in [2.75, 3.05) is 0 Å². The maximum absolute atomic E-state index is 12.6. The van der Waals surface area contributed by atoms with Gasteiger partial charge in [-0.2, -0.15) is 0 Å². The zero-order chi connectivity index (χ0) is 20.6. The van der Waals surface area contributed by atoms with Crippen LogP contribution in [0.2, 0.25) is 0 Å². The Morgan fingerprint density at radius 3 is 2.45 bits per heavy atom. The van der Waals surface area contributed by atoms with Crippen LogP contribution < -0.4 is 9.47 Å². The summed E-state index contributed by atoms with van der Waals surface area (Å²) < 4.78 is 16.0. The molecule has 5 nitrogen and oxygen atoms in total. The summed E-state index contributed by atoms with van der Waals surface area (Å²) in [6.07, 6.45) is 3.11. The predicted molar refractivity (Wildman–Crippen MR) is 108 cm³/mol. The number of hydrogen-bond donors (Lipinski definition) is 0. The van der Waals surface area contributed by atoms with Crippen LogP contribution in [0.4, 0.5) is 0 Å². The Bertz CT molecular complexity index is 1100. The molecule has 0 N–H and O–H groups in total. The predicted octanol–water partition coefficient (Wildman–Crippen LogP) is 5.41. The van der Waals surface area contributed by atoms with Gasteiger partial charge in [0.05, 0.1) is 11.8 Å². The molecule has 0 atom stereocenters. The smallest absolute Gasteiger partial charge is 0.379 e. The molecule has 0 unspecified atom stereocenters. The molecule has 0 fully saturated rings. The van der Waals surface area contributed by atoms with Gasteiger partial charge in [-0.3, -0.25) is 4.79 Å². The Labute approximate surface area is 168 Å². The van der Waals surface area contributed by atoms with E-state index >= 15 is 0 Å². The Balaban J connectivity index is 1.53. The van der Waals surface area contributed by atoms with Crippen molar-refractivity contribution in [3.8, 4) is 11.5 Å². The summed E-state index contributed by atoms with van der Waals surface area (Å²) in [6, 6.07) is 15.8. The summed E-state index contributed by atoms with van der Waals surface area (Å²) in [6.45, 7) is 6.45. The number of ether oxygens (including phenoxy) is 2. The van der Waals surface area contributed by atoms with Crippen LogP contribution in [0.25, 0.3) is 6.08 Å². The van der Waals surface area contributed by atoms with E-state index in [2.05, 4.69) is 20.8 Å². The lowest BCUT2D eigenvalue weighted by molar-refractivity contribution is 0.0701. The first kappa shape index (κ1) is 18.7. The van der Waals surface area contributed by atoms with Crippen molar-refractivity contribution in [2.45, 2.75) is 26.2 Å². The van der Waals surface area contributed by atoms with Gasteiger partial charge in [-0.1, -0.05) is 45.0 Å². The lowest BCUT2D eigenvalue weighted by Gasteiger charge is -2.18. The minimum Gasteiger partial charge on any atom is -0.457 e. The van der Waals surface area contributed by atoms with Crippen LogP contribution >= 0.6 is 0 Å². The fourth-order valence-electron chi connectivity index (χ4n) is 3.01. The first-order valence-electron chi connectivity index (χ1n) is 9.26. The number of benzene rings is 2. The highest BCUT2D eigenvalue weighted by Gasteiger charge is 2.28. The number of hydrogen-bond acceptors (Lipinski definition) is 5. The number of ketones is 1. The molecule has 0 saturated carbocycles. The van der Waals surface area contributed by atoms with Gasteiger partial charge >= 0.3 is 5.97 Å². The molecule has 2 heterocycles. The van der Waals surface area contributed by atoms with Gasteiger partial charge in [-0.05, 0) is 46.9 Å². The van der Waals surface area contributed by atoms with Crippen molar-refractivity contribution in [3.63, 3.8) is 0 Å². The van der Waals surface area contributed by atoms with Gasteiger partial charge in [-0.15, -0.1) is 0 Å². The van der Waals surface area contributed by atoms with E-state index in [1.165, 1.54) is 24.0 Å². The van der Waals surface area contributed by atoms with Crippen LogP contribution in [0, 0.1) is 0 Å². The fraction of sp³-hybridized carbons (Fsp3) is 0.167. The normalized spacial score (nSPS) is 14.6. The van der Waals surface area contributed by atoms with Crippen molar-refractivity contribution in [3.05, 3.63) is 89.1 Å². The van der Waals surface area contributed by atoms with Crippen LogP contribution in [0.5, 0.6) is 11.5 Å². The van der Waals surface area contributed by atoms with E-state index in [9.17, 15) is 9.59 Å². The zero-order valence-corrected chi connectivity index (χ0v) is 16.4. The standard InChI is InChI=1S/C24H20O5/c1-24(2,3)16-8-6-15(7-9-16)13-21-22(25)18-11-10-17(14-20(18)29-21)28-23(26)19-5-4-12-27-19/h4-14H,1-3H3. The van der Waals surface area contributed by atoms with Gasteiger partial charge in [-0.25, -0.2) is 4.79 Å². The third-order valence-electron chi connectivity index (χ3n) is 4.65. The highest BCUT2D eigenvalue weighted by molar-refractivity contribution is 6.14. The molecular formula is C24H20O5. The van der Waals surface area contributed by atoms with Gasteiger partial charge in [0.2, 0.25) is 11.5 Å². The lowest BCUT2D eigenvalue weighted by atomic mass is 9.86. The summed E-state index contributed by atoms with van der Waals surface area (Å²) in [5.41, 5.74) is 2.58. The maximum Gasteiger partial charge on any atom is 0.379 e. The summed E-state index contributed by atoms with van der Waals surface area (Å²) >= 11 is 0. The number of esters is 1. The van der Waals surface area contributed by atoms with Crippen LogP contribution in [0.15, 0.2) is 71.0 Å². The number of furan rings is 1. The minimum absolute atomic E-state index is 0.0606. The van der Waals surface area contributed by atoms with E-state index < -0.39 is 5.97 Å². The van der Waals surface area contributed by atoms with Crippen molar-refractivity contribution in [1.82, 2.24) is 0 Å². The van der Waals surface area contributed by atoms with Crippen molar-refractivity contribution in [1.29, 1.82) is 0 Å². The second-order valence-electron chi connectivity index (χ2n) is 7.84. The van der Waals surface area contributed by atoms with Crippen LogP contribution in [0.3, 0.4) is 0 Å². The topological polar surface area (TPSA) is 65.7 Å². The molecule has 0 spiro atoms. The molecule has 1 aliphatic rings. The highest BCUT2D eigenvalue weighted by atomic mass is 16.5. The molecule has 146 valence electrons. The molecule has 0 amide bonds. The first-order chi connectivity index (χ1) is 13.8. The monoisotopic (exact) mass is 388 g/mol. The Morgan fingerprint density at radius 1 is 1.03 bits per heavy atom. The molecule has 0 saturated heterocycles. The summed E-state index contributed by atoms with van der Waals surface area (Å²) in [5.74, 6) is 0.142. The second-order valence-corrected chi connectivity index (χ2v) is 7.84.